The van der Waals surface area contributed by atoms with Crippen molar-refractivity contribution >= 4 is 23.2 Å². The van der Waals surface area contributed by atoms with Gasteiger partial charge in [-0.15, -0.1) is 11.3 Å². The number of benzene rings is 1. The molecule has 1 aromatic heterocycles. The highest BCUT2D eigenvalue weighted by Crippen LogP contribution is 2.14. The second-order valence-electron chi connectivity index (χ2n) is 4.85. The van der Waals surface area contributed by atoms with E-state index in [4.69, 9.17) is 0 Å². The number of thiophene rings is 1. The molecule has 0 unspecified atom stereocenters. The van der Waals surface area contributed by atoms with Gasteiger partial charge in [-0.25, -0.2) is 0 Å². The zero-order chi connectivity index (χ0) is 15.9. The van der Waals surface area contributed by atoms with E-state index in [-0.39, 0.29) is 17.6 Å². The fourth-order valence-corrected chi connectivity index (χ4v) is 2.77. The molecule has 0 saturated heterocycles. The second kappa shape index (κ2) is 7.61. The Hall–Kier alpha value is -2.34. The van der Waals surface area contributed by atoms with Crippen molar-refractivity contribution in [3.8, 4) is 5.75 Å². The first-order valence-electron chi connectivity index (χ1n) is 6.97. The fraction of sp³-hybridized carbons (Fsp3) is 0.250. The molecule has 0 aliphatic heterocycles. The van der Waals surface area contributed by atoms with Crippen LogP contribution in [0.2, 0.25) is 0 Å². The van der Waals surface area contributed by atoms with Crippen molar-refractivity contribution in [1.29, 1.82) is 0 Å². The highest BCUT2D eigenvalue weighted by molar-refractivity contribution is 7.12. The van der Waals surface area contributed by atoms with E-state index >= 15 is 0 Å². The molecular weight excluding hydrogens is 300 g/mol. The third kappa shape index (κ3) is 4.33. The van der Waals surface area contributed by atoms with Crippen molar-refractivity contribution in [3.05, 3.63) is 51.7 Å². The molecule has 2 rings (SSSR count). The summed E-state index contributed by atoms with van der Waals surface area (Å²) >= 11 is 1.42. The summed E-state index contributed by atoms with van der Waals surface area (Å²) in [4.78, 5) is 24.4. The average molecular weight is 318 g/mol. The molecule has 0 saturated carbocycles. The smallest absolute Gasteiger partial charge is 0.261 e. The van der Waals surface area contributed by atoms with Crippen molar-refractivity contribution in [2.45, 2.75) is 13.3 Å². The number of hydrogen-bond donors (Lipinski definition) is 3. The van der Waals surface area contributed by atoms with Crippen LogP contribution in [0.25, 0.3) is 0 Å². The number of aryl methyl sites for hydroxylation is 1. The van der Waals surface area contributed by atoms with Crippen LogP contribution in [-0.2, 0) is 0 Å². The first kappa shape index (κ1) is 16.0. The molecule has 22 heavy (non-hydrogen) atoms. The van der Waals surface area contributed by atoms with Crippen LogP contribution in [0.1, 0.15) is 32.0 Å². The third-order valence-electron chi connectivity index (χ3n) is 3.10. The van der Waals surface area contributed by atoms with Gasteiger partial charge in [0.1, 0.15) is 5.75 Å². The Bertz CT molecular complexity index is 667. The van der Waals surface area contributed by atoms with Gasteiger partial charge in [-0.05, 0) is 48.6 Å². The van der Waals surface area contributed by atoms with Gasteiger partial charge in [0.2, 0.25) is 0 Å². The van der Waals surface area contributed by atoms with Gasteiger partial charge < -0.3 is 15.7 Å². The molecule has 0 aliphatic carbocycles. The lowest BCUT2D eigenvalue weighted by Crippen LogP contribution is -2.29. The van der Waals surface area contributed by atoms with Crippen LogP contribution in [0.5, 0.6) is 5.75 Å². The normalized spacial score (nSPS) is 10.2. The van der Waals surface area contributed by atoms with Crippen LogP contribution in [0.3, 0.4) is 0 Å². The summed E-state index contributed by atoms with van der Waals surface area (Å²) in [6.07, 6.45) is 0.640. The zero-order valence-electron chi connectivity index (χ0n) is 12.3. The predicted molar refractivity (Wildman–Crippen MR) is 86.4 cm³/mol. The first-order chi connectivity index (χ1) is 10.6. The lowest BCUT2D eigenvalue weighted by Gasteiger charge is -2.07. The molecule has 2 amide bonds. The monoisotopic (exact) mass is 318 g/mol. The van der Waals surface area contributed by atoms with Gasteiger partial charge in [-0.3, -0.25) is 9.59 Å². The summed E-state index contributed by atoms with van der Waals surface area (Å²) in [5.74, 6) is -0.255. The molecule has 3 N–H and O–H groups in total. The number of nitrogens with one attached hydrogen (secondary N) is 2. The van der Waals surface area contributed by atoms with E-state index in [0.29, 0.717) is 25.1 Å². The van der Waals surface area contributed by atoms with Gasteiger partial charge >= 0.3 is 0 Å². The molecule has 0 aliphatic rings. The van der Waals surface area contributed by atoms with Crippen molar-refractivity contribution in [1.82, 2.24) is 10.6 Å². The summed E-state index contributed by atoms with van der Waals surface area (Å²) in [6.45, 7) is 2.86. The molecule has 6 heteroatoms. The number of carbonyl (C=O) groups is 2. The number of rotatable bonds is 6. The Labute approximate surface area is 133 Å². The van der Waals surface area contributed by atoms with Crippen LogP contribution < -0.4 is 10.6 Å². The van der Waals surface area contributed by atoms with Crippen LogP contribution >= 0.6 is 11.3 Å². The minimum absolute atomic E-state index is 0.0613. The van der Waals surface area contributed by atoms with Crippen molar-refractivity contribution in [3.63, 3.8) is 0 Å². The molecule has 116 valence electrons. The van der Waals surface area contributed by atoms with Gasteiger partial charge in [0, 0.05) is 18.7 Å². The van der Waals surface area contributed by atoms with Crippen molar-refractivity contribution < 1.29 is 14.7 Å². The third-order valence-corrected chi connectivity index (χ3v) is 4.12. The Morgan fingerprint density at radius 3 is 2.50 bits per heavy atom. The van der Waals surface area contributed by atoms with Crippen LogP contribution in [0.4, 0.5) is 0 Å². The average Bonchev–Trinajstić information content (AvgIpc) is 2.92. The largest absolute Gasteiger partial charge is 0.508 e. The number of carbonyl (C=O) groups excluding carboxylic acids is 2. The lowest BCUT2D eigenvalue weighted by molar-refractivity contribution is 0.0952. The topological polar surface area (TPSA) is 78.4 Å². The van der Waals surface area contributed by atoms with Gasteiger partial charge in [-0.1, -0.05) is 6.07 Å². The Morgan fingerprint density at radius 1 is 1.14 bits per heavy atom. The van der Waals surface area contributed by atoms with E-state index in [0.717, 1.165) is 10.4 Å². The van der Waals surface area contributed by atoms with E-state index in [1.165, 1.54) is 23.5 Å². The molecule has 0 spiro atoms. The van der Waals surface area contributed by atoms with Gasteiger partial charge in [-0.2, -0.15) is 0 Å². The van der Waals surface area contributed by atoms with Crippen molar-refractivity contribution in [2.75, 3.05) is 13.1 Å². The summed E-state index contributed by atoms with van der Waals surface area (Å²) in [6, 6.07) is 8.09. The summed E-state index contributed by atoms with van der Waals surface area (Å²) in [5, 5.41) is 16.8. The maximum absolute atomic E-state index is 11.9. The van der Waals surface area contributed by atoms with Gasteiger partial charge in [0.05, 0.1) is 4.88 Å². The second-order valence-corrected chi connectivity index (χ2v) is 5.76. The molecule has 0 atom stereocenters. The van der Waals surface area contributed by atoms with Crippen LogP contribution in [0.15, 0.2) is 35.7 Å². The maximum Gasteiger partial charge on any atom is 0.261 e. The molecule has 0 radical (unpaired) electrons. The number of phenolic OH excluding ortho intramolecular Hbond substituents is 1. The van der Waals surface area contributed by atoms with E-state index in [1.807, 2.05) is 18.4 Å². The minimum Gasteiger partial charge on any atom is -0.508 e. The lowest BCUT2D eigenvalue weighted by atomic mass is 10.2. The highest BCUT2D eigenvalue weighted by Gasteiger charge is 2.09. The quantitative estimate of drug-likeness (QED) is 0.715. The molecule has 1 heterocycles. The first-order valence-corrected chi connectivity index (χ1v) is 7.85. The molecule has 1 aromatic carbocycles. The molecule has 5 nitrogen and oxygen atoms in total. The number of hydrogen-bond acceptors (Lipinski definition) is 4. The van der Waals surface area contributed by atoms with Crippen LogP contribution in [-0.4, -0.2) is 30.0 Å². The van der Waals surface area contributed by atoms with Crippen molar-refractivity contribution in [2.24, 2.45) is 0 Å². The summed E-state index contributed by atoms with van der Waals surface area (Å²) in [5.41, 5.74) is 1.39. The SMILES string of the molecule is Cc1ccsc1C(=O)NCCCNC(=O)c1cccc(O)c1. The van der Waals surface area contributed by atoms with Gasteiger partial charge in [0.25, 0.3) is 11.8 Å². The Kier molecular flexibility index (Phi) is 5.55. The highest BCUT2D eigenvalue weighted by atomic mass is 32.1. The molecular formula is C16H18N2O3S. The molecule has 0 bridgehead atoms. The number of amides is 2. The zero-order valence-corrected chi connectivity index (χ0v) is 13.1. The van der Waals surface area contributed by atoms with E-state index in [9.17, 15) is 14.7 Å². The van der Waals surface area contributed by atoms with Gasteiger partial charge in [0.15, 0.2) is 0 Å². The summed E-state index contributed by atoms with van der Waals surface area (Å²) in [7, 11) is 0. The Balaban J connectivity index is 1.68. The minimum atomic E-state index is -0.240. The number of phenols is 1. The van der Waals surface area contributed by atoms with E-state index < -0.39 is 0 Å². The standard InChI is InChI=1S/C16H18N2O3S/c1-11-6-9-22-14(11)16(21)18-8-3-7-17-15(20)12-4-2-5-13(19)10-12/h2,4-6,9-10,19H,3,7-8H2,1H3,(H,17,20)(H,18,21). The molecule has 2 aromatic rings. The fourth-order valence-electron chi connectivity index (χ4n) is 1.93. The summed E-state index contributed by atoms with van der Waals surface area (Å²) < 4.78 is 0. The van der Waals surface area contributed by atoms with E-state index in [1.54, 1.807) is 12.1 Å². The predicted octanol–water partition coefficient (Wildman–Crippen LogP) is 2.31. The maximum atomic E-state index is 11.9. The Morgan fingerprint density at radius 2 is 1.86 bits per heavy atom. The van der Waals surface area contributed by atoms with Crippen LogP contribution in [0, 0.1) is 6.92 Å². The van der Waals surface area contributed by atoms with E-state index in [2.05, 4.69) is 10.6 Å². The number of aromatic hydroxyl groups is 1. The molecule has 0 fully saturated rings.